The first-order chi connectivity index (χ1) is 3.29. The summed E-state index contributed by atoms with van der Waals surface area (Å²) in [5.74, 6) is 0. The minimum Gasteiger partial charge on any atom is -0.327 e. The molecule has 0 saturated heterocycles. The van der Waals surface area contributed by atoms with Gasteiger partial charge in [0.1, 0.15) is 0 Å². The Morgan fingerprint density at radius 2 is 2.43 bits per heavy atom. The van der Waals surface area contributed by atoms with Crippen molar-refractivity contribution in [2.24, 2.45) is 5.73 Å². The maximum absolute atomic E-state index is 5.56. The summed E-state index contributed by atoms with van der Waals surface area (Å²) in [7, 11) is 0. The highest BCUT2D eigenvalue weighted by atomic mass is 14.6. The number of hydrogen-bond donors (Lipinski definition) is 1. The molecule has 2 N–H and O–H groups in total. The molecular formula is C6H11N. The van der Waals surface area contributed by atoms with E-state index in [0.29, 0.717) is 6.04 Å². The van der Waals surface area contributed by atoms with E-state index in [4.69, 9.17) is 5.73 Å². The Hall–Kier alpha value is -0.300. The van der Waals surface area contributed by atoms with Crippen molar-refractivity contribution in [2.75, 3.05) is 0 Å². The molecule has 1 aliphatic rings. The van der Waals surface area contributed by atoms with Crippen LogP contribution in [0.15, 0.2) is 12.2 Å². The summed E-state index contributed by atoms with van der Waals surface area (Å²) in [5, 5.41) is 0. The summed E-state index contributed by atoms with van der Waals surface area (Å²) in [5.41, 5.74) is 6.89. The van der Waals surface area contributed by atoms with E-state index in [9.17, 15) is 0 Å². The van der Waals surface area contributed by atoms with Gasteiger partial charge in [-0.25, -0.2) is 0 Å². The Bertz CT molecular complexity index is 86.2. The second-order valence-electron chi connectivity index (χ2n) is 2.25. The third kappa shape index (κ3) is 1.03. The fraction of sp³-hybridized carbons (Fsp3) is 0.667. The SMILES string of the molecule is C=C1CC[C@H](N)C1. The monoisotopic (exact) mass is 97.1 g/mol. The minimum atomic E-state index is 0.424. The highest BCUT2D eigenvalue weighted by molar-refractivity contribution is 5.03. The molecule has 0 amide bonds. The summed E-state index contributed by atoms with van der Waals surface area (Å²) in [6.45, 7) is 3.82. The van der Waals surface area contributed by atoms with Gasteiger partial charge in [0.25, 0.3) is 0 Å². The minimum absolute atomic E-state index is 0.424. The van der Waals surface area contributed by atoms with Gasteiger partial charge in [-0.1, -0.05) is 12.2 Å². The molecule has 7 heavy (non-hydrogen) atoms. The van der Waals surface area contributed by atoms with Crippen LogP contribution in [-0.4, -0.2) is 6.04 Å². The molecule has 1 nitrogen and oxygen atoms in total. The molecule has 1 fully saturated rings. The quantitative estimate of drug-likeness (QED) is 0.449. The summed E-state index contributed by atoms with van der Waals surface area (Å²) in [6.07, 6.45) is 3.36. The van der Waals surface area contributed by atoms with Gasteiger partial charge in [0.2, 0.25) is 0 Å². The van der Waals surface area contributed by atoms with Crippen LogP contribution in [0.2, 0.25) is 0 Å². The van der Waals surface area contributed by atoms with E-state index >= 15 is 0 Å². The van der Waals surface area contributed by atoms with Crippen LogP contribution in [0.1, 0.15) is 19.3 Å². The van der Waals surface area contributed by atoms with Crippen LogP contribution in [-0.2, 0) is 0 Å². The molecule has 1 atom stereocenters. The third-order valence-electron chi connectivity index (χ3n) is 1.42. The molecular weight excluding hydrogens is 86.1 g/mol. The molecule has 0 aliphatic heterocycles. The second-order valence-corrected chi connectivity index (χ2v) is 2.25. The first-order valence-electron chi connectivity index (χ1n) is 2.71. The van der Waals surface area contributed by atoms with Crippen LogP contribution in [0, 0.1) is 0 Å². The highest BCUT2D eigenvalue weighted by Crippen LogP contribution is 2.20. The van der Waals surface area contributed by atoms with Gasteiger partial charge in [-0.15, -0.1) is 0 Å². The Morgan fingerprint density at radius 1 is 1.71 bits per heavy atom. The van der Waals surface area contributed by atoms with Gasteiger partial charge in [0, 0.05) is 6.04 Å². The smallest absolute Gasteiger partial charge is 0.00790 e. The van der Waals surface area contributed by atoms with Crippen LogP contribution in [0.3, 0.4) is 0 Å². The summed E-state index contributed by atoms with van der Waals surface area (Å²) >= 11 is 0. The van der Waals surface area contributed by atoms with E-state index in [1.807, 2.05) is 0 Å². The van der Waals surface area contributed by atoms with Crippen molar-refractivity contribution in [1.82, 2.24) is 0 Å². The van der Waals surface area contributed by atoms with Crippen molar-refractivity contribution in [3.63, 3.8) is 0 Å². The molecule has 0 unspecified atom stereocenters. The molecule has 1 aliphatic carbocycles. The lowest BCUT2D eigenvalue weighted by atomic mass is 10.2. The van der Waals surface area contributed by atoms with E-state index in [1.54, 1.807) is 0 Å². The van der Waals surface area contributed by atoms with Crippen LogP contribution >= 0.6 is 0 Å². The number of rotatable bonds is 0. The van der Waals surface area contributed by atoms with Crippen molar-refractivity contribution in [3.05, 3.63) is 12.2 Å². The van der Waals surface area contributed by atoms with Gasteiger partial charge in [-0.05, 0) is 19.3 Å². The third-order valence-corrected chi connectivity index (χ3v) is 1.42. The predicted octanol–water partition coefficient (Wildman–Crippen LogP) is 1.05. The van der Waals surface area contributed by atoms with Gasteiger partial charge in [-0.3, -0.25) is 0 Å². The van der Waals surface area contributed by atoms with Crippen molar-refractivity contribution < 1.29 is 0 Å². The summed E-state index contributed by atoms with van der Waals surface area (Å²) < 4.78 is 0. The van der Waals surface area contributed by atoms with E-state index in [-0.39, 0.29) is 0 Å². The van der Waals surface area contributed by atoms with Gasteiger partial charge >= 0.3 is 0 Å². The molecule has 0 spiro atoms. The van der Waals surface area contributed by atoms with Crippen LogP contribution < -0.4 is 5.73 Å². The van der Waals surface area contributed by atoms with Gasteiger partial charge < -0.3 is 5.73 Å². The van der Waals surface area contributed by atoms with Gasteiger partial charge in [0.05, 0.1) is 0 Å². The van der Waals surface area contributed by atoms with E-state index in [1.165, 1.54) is 5.57 Å². The largest absolute Gasteiger partial charge is 0.327 e. The Balaban J connectivity index is 2.40. The highest BCUT2D eigenvalue weighted by Gasteiger charge is 2.11. The zero-order valence-electron chi connectivity index (χ0n) is 4.48. The molecule has 40 valence electrons. The van der Waals surface area contributed by atoms with Crippen molar-refractivity contribution in [1.29, 1.82) is 0 Å². The Labute approximate surface area is 44.2 Å². The topological polar surface area (TPSA) is 26.0 Å². The number of hydrogen-bond acceptors (Lipinski definition) is 1. The van der Waals surface area contributed by atoms with Crippen molar-refractivity contribution >= 4 is 0 Å². The lowest BCUT2D eigenvalue weighted by Gasteiger charge is -1.93. The molecule has 0 heterocycles. The average molecular weight is 97.2 g/mol. The lowest BCUT2D eigenvalue weighted by Crippen LogP contribution is -2.13. The Morgan fingerprint density at radius 3 is 2.57 bits per heavy atom. The zero-order chi connectivity index (χ0) is 5.28. The molecule has 1 saturated carbocycles. The maximum atomic E-state index is 5.56. The molecule has 1 heteroatoms. The fourth-order valence-corrected chi connectivity index (χ4v) is 0.964. The lowest BCUT2D eigenvalue weighted by molar-refractivity contribution is 0.711. The van der Waals surface area contributed by atoms with Gasteiger partial charge in [-0.2, -0.15) is 0 Å². The normalized spacial score (nSPS) is 31.6. The van der Waals surface area contributed by atoms with Crippen molar-refractivity contribution in [2.45, 2.75) is 25.3 Å². The van der Waals surface area contributed by atoms with Crippen LogP contribution in [0.5, 0.6) is 0 Å². The van der Waals surface area contributed by atoms with Gasteiger partial charge in [0.15, 0.2) is 0 Å². The molecule has 0 radical (unpaired) electrons. The van der Waals surface area contributed by atoms with E-state index in [2.05, 4.69) is 6.58 Å². The fourth-order valence-electron chi connectivity index (χ4n) is 0.964. The molecule has 0 aromatic rings. The zero-order valence-corrected chi connectivity index (χ0v) is 4.48. The molecule has 0 aromatic carbocycles. The van der Waals surface area contributed by atoms with Crippen molar-refractivity contribution in [3.8, 4) is 0 Å². The number of nitrogens with two attached hydrogens (primary N) is 1. The van der Waals surface area contributed by atoms with Crippen LogP contribution in [0.4, 0.5) is 0 Å². The second kappa shape index (κ2) is 1.66. The van der Waals surface area contributed by atoms with E-state index in [0.717, 1.165) is 19.3 Å². The van der Waals surface area contributed by atoms with Crippen LogP contribution in [0.25, 0.3) is 0 Å². The maximum Gasteiger partial charge on any atom is 0.00790 e. The summed E-state index contributed by atoms with van der Waals surface area (Å²) in [6, 6.07) is 0.424. The van der Waals surface area contributed by atoms with E-state index < -0.39 is 0 Å². The predicted molar refractivity (Wildman–Crippen MR) is 31.0 cm³/mol. The first-order valence-corrected chi connectivity index (χ1v) is 2.71. The first kappa shape index (κ1) is 4.85. The Kier molecular flexibility index (Phi) is 1.15. The average Bonchev–Trinajstić information content (AvgIpc) is 1.87. The standard InChI is InChI=1S/C6H11N/c1-5-2-3-6(7)4-5/h6H,1-4,7H2/t6-/m0/s1. The molecule has 0 bridgehead atoms. The summed E-state index contributed by atoms with van der Waals surface area (Å²) in [4.78, 5) is 0. The molecule has 0 aromatic heterocycles. The molecule has 1 rings (SSSR count).